The van der Waals surface area contributed by atoms with Crippen LogP contribution in [-0.4, -0.2) is 21.6 Å². The van der Waals surface area contributed by atoms with E-state index < -0.39 is 0 Å². The number of H-pyrrole nitrogens is 1. The highest BCUT2D eigenvalue weighted by Gasteiger charge is 2.18. The predicted octanol–water partition coefficient (Wildman–Crippen LogP) is 5.68. The fourth-order valence-electron chi connectivity index (χ4n) is 4.27. The van der Waals surface area contributed by atoms with E-state index in [0.717, 1.165) is 25.0 Å². The lowest BCUT2D eigenvalue weighted by atomic mass is 9.99. The molecule has 0 aliphatic carbocycles. The van der Waals surface area contributed by atoms with Crippen molar-refractivity contribution in [3.05, 3.63) is 112 Å². The summed E-state index contributed by atoms with van der Waals surface area (Å²) in [6, 6.07) is 27.1. The Bertz CT molecular complexity index is 1510. The van der Waals surface area contributed by atoms with E-state index in [2.05, 4.69) is 51.3 Å². The Kier molecular flexibility index (Phi) is 5.71. The molecule has 5 nitrogen and oxygen atoms in total. The molecule has 0 radical (unpaired) electrons. The lowest BCUT2D eigenvalue weighted by Crippen LogP contribution is -2.30. The Hall–Kier alpha value is -3.83. The number of aromatic amines is 1. The third-order valence-electron chi connectivity index (χ3n) is 5.86. The Morgan fingerprint density at radius 3 is 2.42 bits per heavy atom. The molecule has 33 heavy (non-hydrogen) atoms. The molecular weight excluding hydrogens is 434 g/mol. The molecule has 6 heteroatoms. The summed E-state index contributed by atoms with van der Waals surface area (Å²) in [5.74, 6) is 0.0225. The monoisotopic (exact) mass is 455 g/mol. The van der Waals surface area contributed by atoms with E-state index in [4.69, 9.17) is 11.6 Å². The highest BCUT2D eigenvalue weighted by atomic mass is 35.5. The van der Waals surface area contributed by atoms with Crippen molar-refractivity contribution in [3.8, 4) is 5.75 Å². The molecular formula is C27H22ClN3O2. The van der Waals surface area contributed by atoms with Gasteiger partial charge in [-0.3, -0.25) is 4.79 Å². The molecule has 2 N–H and O–H groups in total. The lowest BCUT2D eigenvalue weighted by Gasteiger charge is -2.31. The summed E-state index contributed by atoms with van der Waals surface area (Å²) in [6.07, 6.45) is 1.07. The van der Waals surface area contributed by atoms with Crippen LogP contribution in [-0.2, 0) is 13.0 Å². The molecule has 0 bridgehead atoms. The van der Waals surface area contributed by atoms with E-state index in [1.807, 2.05) is 18.2 Å². The molecule has 3 aromatic carbocycles. The topological polar surface area (TPSA) is 69.2 Å². The number of fused-ring (bicyclic) bond motifs is 3. The Morgan fingerprint density at radius 2 is 1.58 bits per heavy atom. The first-order valence-electron chi connectivity index (χ1n) is 10.8. The fraction of sp³-hybridized carbons (Fsp3) is 0.111. The first-order chi connectivity index (χ1) is 16.1. The Labute approximate surface area is 195 Å². The largest absolute Gasteiger partial charge is 0.507 e. The molecule has 1 aliphatic heterocycles. The molecule has 1 aliphatic rings. The number of benzene rings is 3. The maximum Gasteiger partial charge on any atom is 0.252 e. The molecule has 3 heterocycles. The van der Waals surface area contributed by atoms with Gasteiger partial charge in [-0.15, -0.1) is 0 Å². The number of aromatic hydroxyl groups is 1. The summed E-state index contributed by atoms with van der Waals surface area (Å²) in [5.41, 5.74) is 5.37. The first kappa shape index (κ1) is 21.0. The van der Waals surface area contributed by atoms with Gasteiger partial charge < -0.3 is 15.0 Å². The second kappa shape index (κ2) is 8.96. The summed E-state index contributed by atoms with van der Waals surface area (Å²) >= 11 is 6.21. The lowest BCUT2D eigenvalue weighted by molar-refractivity contribution is 0.480. The van der Waals surface area contributed by atoms with E-state index in [1.54, 1.807) is 24.3 Å². The summed E-state index contributed by atoms with van der Waals surface area (Å²) in [6.45, 7) is 1.95. The predicted molar refractivity (Wildman–Crippen MR) is 134 cm³/mol. The minimum atomic E-state index is -0.286. The van der Waals surface area contributed by atoms with Gasteiger partial charge in [-0.05, 0) is 41.8 Å². The van der Waals surface area contributed by atoms with Crippen LogP contribution >= 0.6 is 11.6 Å². The third kappa shape index (κ3) is 4.41. The molecule has 0 spiro atoms. The molecule has 0 fully saturated rings. The van der Waals surface area contributed by atoms with Gasteiger partial charge in [0.05, 0.1) is 11.0 Å². The van der Waals surface area contributed by atoms with Gasteiger partial charge in [0.2, 0.25) is 0 Å². The smallest absolute Gasteiger partial charge is 0.252 e. The second-order valence-corrected chi connectivity index (χ2v) is 8.37. The van der Waals surface area contributed by atoms with Crippen molar-refractivity contribution >= 4 is 39.1 Å². The molecule has 5 aromatic rings. The number of para-hydroxylation sites is 2. The SMILES string of the molecule is Clc1cc(N2CCc3ccccc3C2)c2ccccc2n1.O=c1cc(O)c2ccccc2[nH]1. The van der Waals surface area contributed by atoms with Crippen molar-refractivity contribution in [2.45, 2.75) is 13.0 Å². The van der Waals surface area contributed by atoms with Gasteiger partial charge in [0.25, 0.3) is 5.56 Å². The molecule has 2 aromatic heterocycles. The van der Waals surface area contributed by atoms with Gasteiger partial charge in [0.15, 0.2) is 0 Å². The van der Waals surface area contributed by atoms with E-state index in [0.29, 0.717) is 16.1 Å². The van der Waals surface area contributed by atoms with Crippen LogP contribution in [0, 0.1) is 0 Å². The Balaban J connectivity index is 0.000000162. The average molecular weight is 456 g/mol. The van der Waals surface area contributed by atoms with Crippen LogP contribution in [0.1, 0.15) is 11.1 Å². The zero-order chi connectivity index (χ0) is 22.8. The van der Waals surface area contributed by atoms with Crippen molar-refractivity contribution in [1.82, 2.24) is 9.97 Å². The van der Waals surface area contributed by atoms with Gasteiger partial charge in [0.1, 0.15) is 10.9 Å². The van der Waals surface area contributed by atoms with E-state index in [1.165, 1.54) is 28.3 Å². The summed E-state index contributed by atoms with van der Waals surface area (Å²) in [4.78, 5) is 20.3. The van der Waals surface area contributed by atoms with Crippen LogP contribution in [0.3, 0.4) is 0 Å². The molecule has 164 valence electrons. The van der Waals surface area contributed by atoms with Crippen molar-refractivity contribution in [2.24, 2.45) is 0 Å². The number of aromatic nitrogens is 2. The van der Waals surface area contributed by atoms with Gasteiger partial charge in [-0.1, -0.05) is 66.2 Å². The quantitative estimate of drug-likeness (QED) is 0.319. The van der Waals surface area contributed by atoms with Gasteiger partial charge in [-0.2, -0.15) is 0 Å². The maximum atomic E-state index is 10.9. The van der Waals surface area contributed by atoms with Crippen molar-refractivity contribution in [3.63, 3.8) is 0 Å². The highest BCUT2D eigenvalue weighted by Crippen LogP contribution is 2.32. The van der Waals surface area contributed by atoms with Crippen LogP contribution in [0.4, 0.5) is 5.69 Å². The van der Waals surface area contributed by atoms with Gasteiger partial charge >= 0.3 is 0 Å². The number of pyridine rings is 2. The maximum absolute atomic E-state index is 10.9. The highest BCUT2D eigenvalue weighted by molar-refractivity contribution is 6.30. The number of nitrogens with one attached hydrogen (secondary N) is 1. The van der Waals surface area contributed by atoms with E-state index >= 15 is 0 Å². The van der Waals surface area contributed by atoms with Crippen LogP contribution in [0.2, 0.25) is 5.15 Å². The summed E-state index contributed by atoms with van der Waals surface area (Å²) < 4.78 is 0. The van der Waals surface area contributed by atoms with Crippen LogP contribution in [0.25, 0.3) is 21.8 Å². The van der Waals surface area contributed by atoms with Crippen molar-refractivity contribution in [2.75, 3.05) is 11.4 Å². The van der Waals surface area contributed by atoms with Gasteiger partial charge in [-0.25, -0.2) is 4.98 Å². The van der Waals surface area contributed by atoms with Crippen molar-refractivity contribution in [1.29, 1.82) is 0 Å². The number of hydrogen-bond acceptors (Lipinski definition) is 4. The van der Waals surface area contributed by atoms with E-state index in [9.17, 15) is 9.90 Å². The molecule has 0 saturated carbocycles. The van der Waals surface area contributed by atoms with Gasteiger partial charge in [0, 0.05) is 35.6 Å². The molecule has 0 atom stereocenters. The number of rotatable bonds is 1. The standard InChI is InChI=1S/C18H15ClN2.C9H7NO2/c19-18-11-17(15-7-3-4-8-16(15)20-18)21-10-9-13-5-1-2-6-14(13)12-21;11-8-5-9(12)10-7-4-2-1-3-6(7)8/h1-8,11H,9-10,12H2;1-5H,(H2,10,11,12). The molecule has 6 rings (SSSR count). The summed E-state index contributed by atoms with van der Waals surface area (Å²) in [5, 5.41) is 11.7. The second-order valence-electron chi connectivity index (χ2n) is 7.99. The number of hydrogen-bond donors (Lipinski definition) is 2. The molecule has 0 amide bonds. The zero-order valence-corrected chi connectivity index (χ0v) is 18.6. The minimum Gasteiger partial charge on any atom is -0.507 e. The minimum absolute atomic E-state index is 0.0225. The van der Waals surface area contributed by atoms with Crippen LogP contribution in [0.15, 0.2) is 89.7 Å². The van der Waals surface area contributed by atoms with Crippen molar-refractivity contribution < 1.29 is 5.11 Å². The molecule has 0 saturated heterocycles. The number of nitrogens with zero attached hydrogens (tertiary/aromatic N) is 2. The number of anilines is 1. The van der Waals surface area contributed by atoms with E-state index in [-0.39, 0.29) is 11.3 Å². The normalized spacial score (nSPS) is 12.8. The van der Waals surface area contributed by atoms with Crippen LogP contribution in [0.5, 0.6) is 5.75 Å². The first-order valence-corrected chi connectivity index (χ1v) is 11.1. The fourth-order valence-corrected chi connectivity index (χ4v) is 4.47. The Morgan fingerprint density at radius 1 is 0.879 bits per heavy atom. The third-order valence-corrected chi connectivity index (χ3v) is 6.06. The van der Waals surface area contributed by atoms with Crippen LogP contribution < -0.4 is 10.5 Å². The number of halogens is 1. The molecule has 0 unspecified atom stereocenters. The average Bonchev–Trinajstić information content (AvgIpc) is 2.83. The summed E-state index contributed by atoms with van der Waals surface area (Å²) in [7, 11) is 0. The zero-order valence-electron chi connectivity index (χ0n) is 17.8.